The van der Waals surface area contributed by atoms with Gasteiger partial charge in [0.25, 0.3) is 0 Å². The number of fused-ring (bicyclic) bond motifs is 1. The highest BCUT2D eigenvalue weighted by Crippen LogP contribution is 2.26. The van der Waals surface area contributed by atoms with Crippen molar-refractivity contribution in [2.45, 2.75) is 6.42 Å². The number of nitrogens with zero attached hydrogens (tertiary/aromatic N) is 7. The van der Waals surface area contributed by atoms with Crippen LogP contribution in [0.2, 0.25) is 0 Å². The summed E-state index contributed by atoms with van der Waals surface area (Å²) in [6.45, 7) is 3.79. The Bertz CT molecular complexity index is 1280. The van der Waals surface area contributed by atoms with Crippen molar-refractivity contribution < 1.29 is 4.79 Å². The molecule has 5 rings (SSSR count). The minimum atomic E-state index is 0.0146. The SMILES string of the molecule is CN1CCN(c2cc(C(=O)Cc3cc4cc(-c5nnc(N)s5)ncc4cn3)ccn2)CC1. The highest BCUT2D eigenvalue weighted by molar-refractivity contribution is 7.18. The van der Waals surface area contributed by atoms with Crippen molar-refractivity contribution >= 4 is 38.8 Å². The predicted molar refractivity (Wildman–Crippen MR) is 125 cm³/mol. The fourth-order valence-corrected chi connectivity index (χ4v) is 4.28. The summed E-state index contributed by atoms with van der Waals surface area (Å²) < 4.78 is 0. The molecule has 162 valence electrons. The van der Waals surface area contributed by atoms with Crippen LogP contribution in [0.4, 0.5) is 10.9 Å². The number of nitrogens with two attached hydrogens (primary N) is 1. The van der Waals surface area contributed by atoms with E-state index in [2.05, 4.69) is 42.0 Å². The Balaban J connectivity index is 1.36. The number of hydrogen-bond acceptors (Lipinski definition) is 10. The van der Waals surface area contributed by atoms with Gasteiger partial charge < -0.3 is 15.5 Å². The van der Waals surface area contributed by atoms with E-state index in [4.69, 9.17) is 5.73 Å². The number of carbonyl (C=O) groups excluding carboxylic acids is 1. The summed E-state index contributed by atoms with van der Waals surface area (Å²) in [5.41, 5.74) is 7.73. The van der Waals surface area contributed by atoms with Gasteiger partial charge in [-0.25, -0.2) is 4.98 Å². The number of anilines is 2. The molecule has 0 unspecified atom stereocenters. The Hall–Kier alpha value is -3.50. The highest BCUT2D eigenvalue weighted by Gasteiger charge is 2.17. The van der Waals surface area contributed by atoms with Crippen LogP contribution in [0.15, 0.2) is 42.9 Å². The van der Waals surface area contributed by atoms with E-state index < -0.39 is 0 Å². The minimum absolute atomic E-state index is 0.0146. The van der Waals surface area contributed by atoms with E-state index in [9.17, 15) is 4.79 Å². The standard InChI is InChI=1S/C22H22N8OS/c1-29-4-6-30(7-5-29)20-10-14(2-3-24-20)19(31)11-17-8-15-9-18(21-27-28-22(23)32-21)26-13-16(15)12-25-17/h2-3,8-10,12-13H,4-7,11H2,1H3,(H2,23,28). The fourth-order valence-electron chi connectivity index (χ4n) is 3.70. The van der Waals surface area contributed by atoms with Crippen LogP contribution in [0.3, 0.4) is 0 Å². The van der Waals surface area contributed by atoms with E-state index in [-0.39, 0.29) is 12.2 Å². The van der Waals surface area contributed by atoms with Crippen molar-refractivity contribution in [3.8, 4) is 10.7 Å². The molecule has 4 aromatic heterocycles. The van der Waals surface area contributed by atoms with E-state index in [1.807, 2.05) is 18.2 Å². The second-order valence-electron chi connectivity index (χ2n) is 7.83. The molecular weight excluding hydrogens is 424 g/mol. The van der Waals surface area contributed by atoms with Crippen molar-refractivity contribution in [2.75, 3.05) is 43.9 Å². The molecule has 9 nitrogen and oxygen atoms in total. The van der Waals surface area contributed by atoms with Gasteiger partial charge >= 0.3 is 0 Å². The van der Waals surface area contributed by atoms with E-state index in [0.29, 0.717) is 27.1 Å². The molecule has 32 heavy (non-hydrogen) atoms. The average molecular weight is 447 g/mol. The maximum atomic E-state index is 13.0. The van der Waals surface area contributed by atoms with Gasteiger partial charge in [0, 0.05) is 61.4 Å². The number of Topliss-reactive ketones (excluding diaryl/α,β-unsaturated/α-hetero) is 1. The third-order valence-electron chi connectivity index (χ3n) is 5.56. The summed E-state index contributed by atoms with van der Waals surface area (Å²) in [6.07, 6.45) is 5.41. The van der Waals surface area contributed by atoms with Gasteiger partial charge in [-0.05, 0) is 36.7 Å². The second kappa shape index (κ2) is 8.56. The first-order valence-electron chi connectivity index (χ1n) is 10.3. The normalized spacial score (nSPS) is 14.7. The van der Waals surface area contributed by atoms with Gasteiger partial charge in [-0.1, -0.05) is 11.3 Å². The Labute approximate surface area is 189 Å². The van der Waals surface area contributed by atoms with Crippen molar-refractivity contribution in [3.63, 3.8) is 0 Å². The maximum Gasteiger partial charge on any atom is 0.203 e. The molecule has 2 N–H and O–H groups in total. The largest absolute Gasteiger partial charge is 0.374 e. The van der Waals surface area contributed by atoms with Crippen molar-refractivity contribution in [1.82, 2.24) is 30.0 Å². The smallest absolute Gasteiger partial charge is 0.203 e. The molecule has 0 bridgehead atoms. The molecule has 0 aromatic carbocycles. The molecular formula is C22H22N8OS. The highest BCUT2D eigenvalue weighted by atomic mass is 32.1. The predicted octanol–water partition coefficient (Wildman–Crippen LogP) is 2.30. The maximum absolute atomic E-state index is 13.0. The van der Waals surface area contributed by atoms with Crippen molar-refractivity contribution in [3.05, 3.63) is 54.1 Å². The fraction of sp³-hybridized carbons (Fsp3) is 0.273. The van der Waals surface area contributed by atoms with E-state index in [1.54, 1.807) is 24.7 Å². The summed E-state index contributed by atoms with van der Waals surface area (Å²) in [4.78, 5) is 30.9. The number of ketones is 1. The van der Waals surface area contributed by atoms with Crippen LogP contribution in [-0.2, 0) is 6.42 Å². The Morgan fingerprint density at radius 2 is 1.84 bits per heavy atom. The van der Waals surface area contributed by atoms with Gasteiger partial charge in [0.15, 0.2) is 10.8 Å². The molecule has 10 heteroatoms. The summed E-state index contributed by atoms with van der Waals surface area (Å²) in [5.74, 6) is 0.864. The molecule has 1 saturated heterocycles. The number of hydrogen-bond donors (Lipinski definition) is 1. The molecule has 0 amide bonds. The molecule has 0 aliphatic carbocycles. The third kappa shape index (κ3) is 4.27. The molecule has 0 radical (unpaired) electrons. The lowest BCUT2D eigenvalue weighted by molar-refractivity contribution is 0.0992. The molecule has 1 aliphatic rings. The average Bonchev–Trinajstić information content (AvgIpc) is 3.25. The third-order valence-corrected chi connectivity index (χ3v) is 6.33. The van der Waals surface area contributed by atoms with Crippen LogP contribution in [0, 0.1) is 0 Å². The van der Waals surface area contributed by atoms with Gasteiger partial charge in [0.05, 0.1) is 6.42 Å². The molecule has 0 atom stereocenters. The molecule has 0 spiro atoms. The molecule has 5 heterocycles. The lowest BCUT2D eigenvalue weighted by Crippen LogP contribution is -2.44. The summed E-state index contributed by atoms with van der Waals surface area (Å²) >= 11 is 1.29. The van der Waals surface area contributed by atoms with Gasteiger partial charge in [-0.2, -0.15) is 0 Å². The Morgan fingerprint density at radius 1 is 1.03 bits per heavy atom. The number of likely N-dealkylation sites (N-methyl/N-ethyl adjacent to an activating group) is 1. The summed E-state index contributed by atoms with van der Waals surface area (Å²) in [6, 6.07) is 7.50. The number of carbonyl (C=O) groups is 1. The van der Waals surface area contributed by atoms with Crippen LogP contribution >= 0.6 is 11.3 Å². The van der Waals surface area contributed by atoms with Gasteiger partial charge in [-0.15, -0.1) is 10.2 Å². The first-order chi connectivity index (χ1) is 15.5. The molecule has 4 aromatic rings. The van der Waals surface area contributed by atoms with Gasteiger partial charge in [-0.3, -0.25) is 14.8 Å². The van der Waals surface area contributed by atoms with Crippen molar-refractivity contribution in [1.29, 1.82) is 0 Å². The molecule has 0 saturated carbocycles. The van der Waals surface area contributed by atoms with E-state index >= 15 is 0 Å². The second-order valence-corrected chi connectivity index (χ2v) is 8.84. The summed E-state index contributed by atoms with van der Waals surface area (Å²) in [7, 11) is 2.11. The zero-order valence-electron chi connectivity index (χ0n) is 17.6. The topological polar surface area (TPSA) is 114 Å². The number of rotatable bonds is 5. The van der Waals surface area contributed by atoms with Crippen LogP contribution in [0.5, 0.6) is 0 Å². The number of pyridine rings is 3. The first-order valence-corrected chi connectivity index (χ1v) is 11.1. The van der Waals surface area contributed by atoms with Gasteiger partial charge in [0.2, 0.25) is 5.13 Å². The van der Waals surface area contributed by atoms with Crippen molar-refractivity contribution in [2.24, 2.45) is 0 Å². The van der Waals surface area contributed by atoms with Crippen LogP contribution in [0.25, 0.3) is 21.5 Å². The number of nitrogen functional groups attached to an aromatic ring is 1. The zero-order chi connectivity index (χ0) is 22.1. The molecule has 1 aliphatic heterocycles. The lowest BCUT2D eigenvalue weighted by Gasteiger charge is -2.33. The van der Waals surface area contributed by atoms with Crippen LogP contribution in [-0.4, -0.2) is 69.1 Å². The number of piperazine rings is 1. The monoisotopic (exact) mass is 446 g/mol. The summed E-state index contributed by atoms with van der Waals surface area (Å²) in [5, 5.41) is 10.8. The van der Waals surface area contributed by atoms with Gasteiger partial charge in [0.1, 0.15) is 11.5 Å². The van der Waals surface area contributed by atoms with E-state index in [0.717, 1.165) is 42.8 Å². The lowest BCUT2D eigenvalue weighted by atomic mass is 10.1. The van der Waals surface area contributed by atoms with Crippen LogP contribution < -0.4 is 10.6 Å². The van der Waals surface area contributed by atoms with Crippen LogP contribution in [0.1, 0.15) is 16.1 Å². The quantitative estimate of drug-likeness (QED) is 0.461. The zero-order valence-corrected chi connectivity index (χ0v) is 18.4. The minimum Gasteiger partial charge on any atom is -0.374 e. The van der Waals surface area contributed by atoms with E-state index in [1.165, 1.54) is 11.3 Å². The molecule has 1 fully saturated rings. The number of aromatic nitrogens is 5. The first kappa shape index (κ1) is 20.4. The Morgan fingerprint density at radius 3 is 2.62 bits per heavy atom. The Kier molecular flexibility index (Phi) is 5.46.